The minimum absolute atomic E-state index is 0. The van der Waals surface area contributed by atoms with Crippen LogP contribution in [0.3, 0.4) is 0 Å². The Hall–Kier alpha value is 9.82. The topological polar surface area (TPSA) is 0 Å². The molecule has 0 nitrogen and oxygen atoms in total. The molecule has 0 amide bonds. The summed E-state index contributed by atoms with van der Waals surface area (Å²) >= 11 is 0. The van der Waals surface area contributed by atoms with Gasteiger partial charge in [-0.15, -0.1) is 0 Å². The third-order valence-electron chi connectivity index (χ3n) is 0. The van der Waals surface area contributed by atoms with Crippen LogP contribution in [-0.2, 0) is 0 Å². The fourth-order valence-electron chi connectivity index (χ4n) is 0. The normalized spacial score (nSPS) is 0. The summed E-state index contributed by atoms with van der Waals surface area (Å²) in [7, 11) is 0. The second-order valence-electron chi connectivity index (χ2n) is 0. The fourth-order valence-corrected chi connectivity index (χ4v) is 0. The Morgan fingerprint density at radius 1 is 0.176 bits per heavy atom. The first-order valence-electron chi connectivity index (χ1n) is 0. The van der Waals surface area contributed by atoms with Gasteiger partial charge in [0.2, 0.25) is 0 Å². The first-order chi connectivity index (χ1) is 0. The monoisotopic (exact) mass is 422 g/mol. The van der Waals surface area contributed by atoms with Crippen LogP contribution in [-0.4, -0.2) is 0 Å². The van der Waals surface area contributed by atoms with Crippen LogP contribution in [0, 0.1) is 0 Å². The van der Waals surface area contributed by atoms with Gasteiger partial charge in [-0.25, -0.2) is 0 Å². The predicted octanol–water partition coefficient (Wildman–Crippen LogP) is -10.3. The summed E-state index contributed by atoms with van der Waals surface area (Å²) in [6.07, 6.45) is 0. The molecule has 0 atom stereocenters. The van der Waals surface area contributed by atoms with Crippen molar-refractivity contribution in [2.24, 2.45) is 0 Å². The molecule has 0 saturated carbocycles. The molecule has 0 fully saturated rings. The van der Waals surface area contributed by atoms with Crippen molar-refractivity contribution in [3.05, 3.63) is 0 Å². The van der Waals surface area contributed by atoms with E-state index in [1.807, 2.05) is 0 Å². The van der Waals surface area contributed by atoms with Crippen molar-refractivity contribution < 1.29 is 317 Å². The summed E-state index contributed by atoms with van der Waals surface area (Å²) in [5, 5.41) is 0. The maximum Gasteiger partial charge on any atom is 1.00 e. The van der Waals surface area contributed by atoms with E-state index in [1.54, 1.807) is 0 Å². The zero-order valence-corrected chi connectivity index (χ0v) is 24.7. The first-order valence-corrected chi connectivity index (χ1v) is 0. The molecule has 6 heteroatoms. The van der Waals surface area contributed by atoms with E-state index in [1.165, 1.54) is 0 Å². The van der Waals surface area contributed by atoms with Crippen LogP contribution in [0.4, 0.5) is 0 Å². The van der Waals surface area contributed by atoms with Crippen LogP contribution in [0.2, 0.25) is 0 Å². The van der Waals surface area contributed by atoms with Crippen LogP contribution >= 0.6 is 0 Å². The molecular weight excluding hydrogens is 367 g/mol. The SMILES string of the molecule is C.C.C.C.C.C.C.C.C.C.C.[2H-].[2H-].[2H-].[2H-].[2H-].[2H-].[K+].[K+].[K+].[K+].[K+].[K+]. The van der Waals surface area contributed by atoms with Crippen LogP contribution in [0.5, 0.6) is 0 Å². The smallest absolute Gasteiger partial charge is 1.00 e. The van der Waals surface area contributed by atoms with Crippen LogP contribution < -0.4 is 308 Å². The summed E-state index contributed by atoms with van der Waals surface area (Å²) < 4.78 is 0. The van der Waals surface area contributed by atoms with Gasteiger partial charge in [0.1, 0.15) is 0 Å². The third-order valence-corrected chi connectivity index (χ3v) is 0. The largest absolute Gasteiger partial charge is 1.00 e. The van der Waals surface area contributed by atoms with Crippen LogP contribution in [0.1, 0.15) is 90.3 Å². The summed E-state index contributed by atoms with van der Waals surface area (Å²) in [4.78, 5) is 0. The molecule has 0 saturated heterocycles. The van der Waals surface area contributed by atoms with Crippen LogP contribution in [0.25, 0.3) is 0 Å². The predicted molar refractivity (Wildman–Crippen MR) is 80.7 cm³/mol. The summed E-state index contributed by atoms with van der Waals surface area (Å²) in [5.74, 6) is 0. The number of hydrogen-bond donors (Lipinski definition) is 0. The molecule has 0 aromatic carbocycles. The minimum atomic E-state index is 0. The van der Waals surface area contributed by atoms with E-state index >= 15 is 0 Å². The zero-order chi connectivity index (χ0) is 0. The Bertz CT molecular complexity index is 35.0. The quantitative estimate of drug-likeness (QED) is 0.340. The Kier molecular flexibility index (Phi) is 1800. The van der Waals surface area contributed by atoms with Gasteiger partial charge in [0.25, 0.3) is 0 Å². The van der Waals surface area contributed by atoms with Crippen molar-refractivity contribution >= 4 is 0 Å². The van der Waals surface area contributed by atoms with E-state index < -0.39 is 0 Å². The van der Waals surface area contributed by atoms with Gasteiger partial charge in [0, 0.05) is 0 Å². The van der Waals surface area contributed by atoms with Gasteiger partial charge >= 0.3 is 308 Å². The molecule has 0 radical (unpaired) electrons. The molecule has 0 aliphatic heterocycles. The molecule has 0 heterocycles. The van der Waals surface area contributed by atoms with E-state index in [2.05, 4.69) is 0 Å². The van der Waals surface area contributed by atoms with E-state index in [4.69, 9.17) is 0 Å². The van der Waals surface area contributed by atoms with E-state index in [0.717, 1.165) is 0 Å². The number of hydrogen-bond acceptors (Lipinski definition) is 0. The van der Waals surface area contributed by atoms with Crippen molar-refractivity contribution in [2.75, 3.05) is 0 Å². The first kappa shape index (κ1) is 185. The van der Waals surface area contributed by atoms with Gasteiger partial charge in [0.05, 0.1) is 0 Å². The Morgan fingerprint density at radius 3 is 0.176 bits per heavy atom. The van der Waals surface area contributed by atoms with Crippen molar-refractivity contribution in [1.82, 2.24) is 0 Å². The van der Waals surface area contributed by atoms with E-state index in [0.29, 0.717) is 0 Å². The molecule has 0 spiro atoms. The van der Waals surface area contributed by atoms with Crippen LogP contribution in [0.15, 0.2) is 0 Å². The van der Waals surface area contributed by atoms with Gasteiger partial charge in [-0.05, 0) is 0 Å². The molecule has 0 aromatic rings. The van der Waals surface area contributed by atoms with E-state index in [-0.39, 0.29) is 399 Å². The second kappa shape index (κ2) is 165. The molecule has 17 heavy (non-hydrogen) atoms. The average molecular weight is 423 g/mol. The maximum absolute atomic E-state index is 0. The summed E-state index contributed by atoms with van der Waals surface area (Å²) in [6, 6.07) is 0. The summed E-state index contributed by atoms with van der Waals surface area (Å²) in [5.41, 5.74) is 0. The molecule has 0 rings (SSSR count). The summed E-state index contributed by atoms with van der Waals surface area (Å²) in [6.45, 7) is 0. The van der Waals surface area contributed by atoms with Gasteiger partial charge in [-0.3, -0.25) is 0 Å². The maximum atomic E-state index is 0. The molecule has 0 aliphatic rings. The molecule has 0 aromatic heterocycles. The van der Waals surface area contributed by atoms with Crippen molar-refractivity contribution in [1.29, 1.82) is 0 Å². The molecule has 0 unspecified atom stereocenters. The Labute approximate surface area is 385 Å². The molecule has 0 N–H and O–H groups in total. The van der Waals surface area contributed by atoms with Crippen molar-refractivity contribution in [3.8, 4) is 0 Å². The molecular formula is C11H50K6. The third kappa shape index (κ3) is 152. The fraction of sp³-hybridized carbons (Fsp3) is 1.00. The zero-order valence-electron chi connectivity index (χ0n) is 12.0. The Morgan fingerprint density at radius 2 is 0.176 bits per heavy atom. The van der Waals surface area contributed by atoms with Gasteiger partial charge in [-0.2, -0.15) is 0 Å². The van der Waals surface area contributed by atoms with Crippen molar-refractivity contribution in [2.45, 2.75) is 81.7 Å². The minimum Gasteiger partial charge on any atom is -1.00 e. The van der Waals surface area contributed by atoms with Gasteiger partial charge < -0.3 is 8.56 Å². The molecule has 0 aliphatic carbocycles. The van der Waals surface area contributed by atoms with Gasteiger partial charge in [0.15, 0.2) is 0 Å². The van der Waals surface area contributed by atoms with E-state index in [9.17, 15) is 0 Å². The number of rotatable bonds is 0. The van der Waals surface area contributed by atoms with Crippen molar-refractivity contribution in [3.63, 3.8) is 0 Å². The van der Waals surface area contributed by atoms with Gasteiger partial charge in [-0.1, -0.05) is 81.7 Å². The standard InChI is InChI=1S/11CH4.6K.6H/h11*1H4;;;;;;;;;;;;/q;;;;;;;;;;;6*+1;6*-1/i;;;;;;;;;;;;;;;;;6*1+1. The Balaban J connectivity index is 0. The molecule has 100 valence electrons. The average Bonchev–Trinajstić information content (AvgIpc) is 0. The molecule has 0 bridgehead atoms. The second-order valence-corrected chi connectivity index (χ2v) is 0.